The second-order valence-electron chi connectivity index (χ2n) is 4.98. The third kappa shape index (κ3) is 5.49. The van der Waals surface area contributed by atoms with Gasteiger partial charge in [0.2, 0.25) is 5.95 Å². The molecule has 0 aliphatic rings. The van der Waals surface area contributed by atoms with Gasteiger partial charge in [-0.2, -0.15) is 4.98 Å². The molecule has 1 heterocycles. The Kier molecular flexibility index (Phi) is 6.82. The van der Waals surface area contributed by atoms with Crippen LogP contribution in [0, 0.1) is 11.6 Å². The predicted octanol–water partition coefficient (Wildman–Crippen LogP) is 4.43. The van der Waals surface area contributed by atoms with Gasteiger partial charge >= 0.3 is 0 Å². The number of aliphatic imine (C=N–C) groups is 1. The van der Waals surface area contributed by atoms with Crippen LogP contribution in [0.15, 0.2) is 41.2 Å². The monoisotopic (exact) mass is 365 g/mol. The van der Waals surface area contributed by atoms with E-state index in [1.807, 2.05) is 19.9 Å². The Hall–Kier alpha value is -2.54. The molecule has 0 saturated carbocycles. The fraction of sp³-hybridized carbons (Fsp3) is 0.235. The van der Waals surface area contributed by atoms with E-state index in [0.29, 0.717) is 18.3 Å². The maximum atomic E-state index is 13.7. The van der Waals surface area contributed by atoms with Crippen LogP contribution < -0.4 is 10.6 Å². The van der Waals surface area contributed by atoms with Crippen molar-refractivity contribution in [3.63, 3.8) is 0 Å². The summed E-state index contributed by atoms with van der Waals surface area (Å²) in [5, 5.41) is 6.17. The number of rotatable bonds is 7. The number of benzene rings is 1. The van der Waals surface area contributed by atoms with Crippen molar-refractivity contribution in [3.8, 4) is 0 Å². The van der Waals surface area contributed by atoms with Gasteiger partial charge < -0.3 is 10.6 Å². The van der Waals surface area contributed by atoms with Crippen LogP contribution in [-0.4, -0.2) is 22.7 Å². The Morgan fingerprint density at radius 1 is 1.36 bits per heavy atom. The van der Waals surface area contributed by atoms with Gasteiger partial charge in [-0.25, -0.2) is 13.8 Å². The first-order valence-corrected chi connectivity index (χ1v) is 8.04. The van der Waals surface area contributed by atoms with E-state index in [4.69, 9.17) is 11.6 Å². The molecule has 1 aromatic carbocycles. The fourth-order valence-electron chi connectivity index (χ4n) is 1.91. The highest BCUT2D eigenvalue weighted by Crippen LogP contribution is 2.21. The van der Waals surface area contributed by atoms with Crippen LogP contribution in [-0.2, 0) is 6.54 Å². The molecule has 0 spiro atoms. The lowest BCUT2D eigenvalue weighted by atomic mass is 10.2. The first-order valence-electron chi connectivity index (χ1n) is 7.67. The molecule has 0 saturated heterocycles. The van der Waals surface area contributed by atoms with Gasteiger partial charge in [0.05, 0.1) is 11.9 Å². The third-order valence-electron chi connectivity index (χ3n) is 3.18. The molecule has 0 amide bonds. The Balaban J connectivity index is 2.13. The second kappa shape index (κ2) is 9.08. The van der Waals surface area contributed by atoms with Gasteiger partial charge in [0.15, 0.2) is 5.82 Å². The quantitative estimate of drug-likeness (QED) is 0.713. The summed E-state index contributed by atoms with van der Waals surface area (Å²) in [7, 11) is 0. The first-order chi connectivity index (χ1) is 12.0. The Morgan fingerprint density at radius 3 is 2.88 bits per heavy atom. The number of hydrogen-bond acceptors (Lipinski definition) is 5. The Morgan fingerprint density at radius 2 is 2.16 bits per heavy atom. The van der Waals surface area contributed by atoms with E-state index in [1.165, 1.54) is 6.20 Å². The molecule has 25 heavy (non-hydrogen) atoms. The van der Waals surface area contributed by atoms with Crippen molar-refractivity contribution >= 4 is 29.6 Å². The zero-order valence-electron chi connectivity index (χ0n) is 13.9. The molecule has 8 heteroatoms. The number of nitrogens with zero attached hydrogens (tertiary/aromatic N) is 3. The standard InChI is InChI=1S/C17H18ClF2N5/c1-3-13(9-21-4-2)24-17-23-10-14(18)16(25-17)22-8-11-7-12(19)5-6-15(11)20/h3,5-7,9-10H,4,8H2,1-2H3,(H2,22,23,24,25)/b13-3+,21-9?. The molecule has 0 unspecified atom stereocenters. The lowest BCUT2D eigenvalue weighted by Gasteiger charge is -2.11. The molecule has 5 nitrogen and oxygen atoms in total. The summed E-state index contributed by atoms with van der Waals surface area (Å²) >= 11 is 6.06. The van der Waals surface area contributed by atoms with Crippen molar-refractivity contribution in [1.82, 2.24) is 9.97 Å². The predicted molar refractivity (Wildman–Crippen MR) is 97.1 cm³/mol. The normalized spacial score (nSPS) is 11.8. The molecule has 0 bridgehead atoms. The molecule has 2 N–H and O–H groups in total. The van der Waals surface area contributed by atoms with Crippen LogP contribution in [0.4, 0.5) is 20.5 Å². The first kappa shape index (κ1) is 18.8. The minimum absolute atomic E-state index is 0.0353. The second-order valence-corrected chi connectivity index (χ2v) is 5.38. The maximum Gasteiger partial charge on any atom is 0.229 e. The highest BCUT2D eigenvalue weighted by Gasteiger charge is 2.09. The molecule has 2 aromatic rings. The largest absolute Gasteiger partial charge is 0.364 e. The third-order valence-corrected chi connectivity index (χ3v) is 3.45. The number of nitrogens with one attached hydrogen (secondary N) is 2. The number of anilines is 2. The summed E-state index contributed by atoms with van der Waals surface area (Å²) in [4.78, 5) is 12.5. The average Bonchev–Trinajstić information content (AvgIpc) is 2.61. The molecular formula is C17H18ClF2N5. The van der Waals surface area contributed by atoms with E-state index in [-0.39, 0.29) is 17.1 Å². The molecule has 0 aliphatic carbocycles. The molecule has 0 aliphatic heterocycles. The van der Waals surface area contributed by atoms with Crippen LogP contribution >= 0.6 is 11.6 Å². The molecule has 0 fully saturated rings. The Labute approximate surface area is 149 Å². The minimum atomic E-state index is -0.512. The van der Waals surface area contributed by atoms with E-state index in [1.54, 1.807) is 6.21 Å². The summed E-state index contributed by atoms with van der Waals surface area (Å²) in [6, 6.07) is 3.26. The van der Waals surface area contributed by atoms with Crippen LogP contribution in [0.5, 0.6) is 0 Å². The van der Waals surface area contributed by atoms with E-state index in [2.05, 4.69) is 25.6 Å². The van der Waals surface area contributed by atoms with Crippen molar-refractivity contribution in [2.75, 3.05) is 17.2 Å². The van der Waals surface area contributed by atoms with Crippen LogP contribution in [0.1, 0.15) is 19.4 Å². The molecule has 132 valence electrons. The Bertz CT molecular complexity index is 793. The van der Waals surface area contributed by atoms with Crippen molar-refractivity contribution in [2.45, 2.75) is 20.4 Å². The van der Waals surface area contributed by atoms with Crippen LogP contribution in [0.3, 0.4) is 0 Å². The lowest BCUT2D eigenvalue weighted by Crippen LogP contribution is -2.09. The zero-order chi connectivity index (χ0) is 18.2. The summed E-state index contributed by atoms with van der Waals surface area (Å²) in [5.74, 6) is -0.403. The molecule has 2 rings (SSSR count). The maximum absolute atomic E-state index is 13.7. The zero-order valence-corrected chi connectivity index (χ0v) is 14.6. The molecule has 1 aromatic heterocycles. The van der Waals surface area contributed by atoms with Crippen LogP contribution in [0.25, 0.3) is 0 Å². The summed E-state index contributed by atoms with van der Waals surface area (Å²) in [6.07, 6.45) is 4.92. The minimum Gasteiger partial charge on any atom is -0.364 e. The summed E-state index contributed by atoms with van der Waals surface area (Å²) in [5.41, 5.74) is 0.903. The van der Waals surface area contributed by atoms with Gasteiger partial charge in [-0.05, 0) is 32.0 Å². The van der Waals surface area contributed by atoms with E-state index < -0.39 is 11.6 Å². The van der Waals surface area contributed by atoms with Gasteiger partial charge in [0, 0.05) is 24.9 Å². The van der Waals surface area contributed by atoms with Gasteiger partial charge in [-0.1, -0.05) is 17.7 Å². The van der Waals surface area contributed by atoms with Crippen LogP contribution in [0.2, 0.25) is 5.02 Å². The van der Waals surface area contributed by atoms with Gasteiger partial charge in [0.1, 0.15) is 16.7 Å². The van der Waals surface area contributed by atoms with Crippen molar-refractivity contribution in [3.05, 3.63) is 58.4 Å². The summed E-state index contributed by atoms with van der Waals surface area (Å²) in [6.45, 7) is 4.47. The van der Waals surface area contributed by atoms with Gasteiger partial charge in [0.25, 0.3) is 0 Å². The SMILES string of the molecule is C/C=C(\C=NCC)Nc1ncc(Cl)c(NCc2cc(F)ccc2F)n1. The number of hydrogen-bond donors (Lipinski definition) is 2. The topological polar surface area (TPSA) is 62.2 Å². The van der Waals surface area contributed by atoms with Crippen molar-refractivity contribution in [1.29, 1.82) is 0 Å². The van der Waals surface area contributed by atoms with Gasteiger partial charge in [-0.3, -0.25) is 4.99 Å². The van der Waals surface area contributed by atoms with E-state index in [9.17, 15) is 8.78 Å². The highest BCUT2D eigenvalue weighted by atomic mass is 35.5. The number of halogens is 3. The average molecular weight is 366 g/mol. The number of aromatic nitrogens is 2. The molecule has 0 radical (unpaired) electrons. The van der Waals surface area contributed by atoms with Crippen molar-refractivity contribution in [2.24, 2.45) is 4.99 Å². The fourth-order valence-corrected chi connectivity index (χ4v) is 2.06. The lowest BCUT2D eigenvalue weighted by molar-refractivity contribution is 0.587. The highest BCUT2D eigenvalue weighted by molar-refractivity contribution is 6.32. The summed E-state index contributed by atoms with van der Waals surface area (Å²) < 4.78 is 26.9. The van der Waals surface area contributed by atoms with E-state index in [0.717, 1.165) is 23.9 Å². The molecular weight excluding hydrogens is 348 g/mol. The van der Waals surface area contributed by atoms with Gasteiger partial charge in [-0.15, -0.1) is 0 Å². The van der Waals surface area contributed by atoms with Crippen molar-refractivity contribution < 1.29 is 8.78 Å². The van der Waals surface area contributed by atoms with E-state index >= 15 is 0 Å². The molecule has 0 atom stereocenters. The number of allylic oxidation sites excluding steroid dienone is 2. The smallest absolute Gasteiger partial charge is 0.229 e.